The molecule has 2 N–H and O–H groups in total. The van der Waals surface area contributed by atoms with Gasteiger partial charge in [-0.15, -0.1) is 0 Å². The first kappa shape index (κ1) is 20.0. The first-order valence-corrected chi connectivity index (χ1v) is 7.63. The summed E-state index contributed by atoms with van der Waals surface area (Å²) in [6.07, 6.45) is -0.981. The number of hydrogen-bond acceptors (Lipinski definition) is 6. The average Bonchev–Trinajstić information content (AvgIpc) is 2.62. The van der Waals surface area contributed by atoms with Gasteiger partial charge in [0.2, 0.25) is 0 Å². The molecule has 0 atom stereocenters. The molecule has 0 spiro atoms. The Morgan fingerprint density at radius 3 is 2.24 bits per heavy atom. The number of methoxy groups -OCH3 is 1. The van der Waals surface area contributed by atoms with Crippen molar-refractivity contribution in [1.82, 2.24) is 10.6 Å². The third-order valence-corrected chi connectivity index (χ3v) is 2.97. The van der Waals surface area contributed by atoms with Gasteiger partial charge in [0.15, 0.2) is 0 Å². The zero-order chi connectivity index (χ0) is 18.7. The summed E-state index contributed by atoms with van der Waals surface area (Å²) in [4.78, 5) is 33.7. The number of alkyl carbamates (subject to hydrolysis) is 2. The smallest absolute Gasteiger partial charge is 0.412 e. The van der Waals surface area contributed by atoms with Crippen molar-refractivity contribution >= 4 is 18.2 Å². The van der Waals surface area contributed by atoms with E-state index in [0.29, 0.717) is 6.54 Å². The third kappa shape index (κ3) is 8.40. The standard InChI is InChI=1S/C17H22N2O6/c1-4-15(20)24-11-12(2)25-17(22)19-10-14-7-5-6-13(8-14)9-18-16(21)23-3/h5-8H,2,4,9-11H2,1,3H3,(H,18,21)(H,19,22). The van der Waals surface area contributed by atoms with Gasteiger partial charge in [0.1, 0.15) is 12.4 Å². The van der Waals surface area contributed by atoms with Crippen molar-refractivity contribution in [3.63, 3.8) is 0 Å². The van der Waals surface area contributed by atoms with E-state index in [4.69, 9.17) is 9.47 Å². The molecule has 0 saturated heterocycles. The molecule has 0 fully saturated rings. The lowest BCUT2D eigenvalue weighted by Crippen LogP contribution is -2.25. The molecule has 136 valence electrons. The number of carbonyl (C=O) groups excluding carboxylic acids is 3. The van der Waals surface area contributed by atoms with E-state index in [1.54, 1.807) is 13.0 Å². The Morgan fingerprint density at radius 2 is 1.68 bits per heavy atom. The first-order chi connectivity index (χ1) is 11.9. The molecule has 1 aromatic rings. The molecule has 0 aromatic heterocycles. The summed E-state index contributed by atoms with van der Waals surface area (Å²) in [7, 11) is 1.29. The third-order valence-electron chi connectivity index (χ3n) is 2.97. The van der Waals surface area contributed by atoms with Crippen molar-refractivity contribution in [2.24, 2.45) is 0 Å². The molecule has 0 bridgehead atoms. The lowest BCUT2D eigenvalue weighted by Gasteiger charge is -2.10. The maximum atomic E-state index is 11.7. The largest absolute Gasteiger partial charge is 0.458 e. The van der Waals surface area contributed by atoms with Crippen LogP contribution in [0.5, 0.6) is 0 Å². The maximum Gasteiger partial charge on any atom is 0.412 e. The molecular formula is C17H22N2O6. The van der Waals surface area contributed by atoms with E-state index in [-0.39, 0.29) is 25.3 Å². The number of carbonyl (C=O) groups is 3. The van der Waals surface area contributed by atoms with E-state index in [0.717, 1.165) is 11.1 Å². The van der Waals surface area contributed by atoms with E-state index in [2.05, 4.69) is 21.9 Å². The topological polar surface area (TPSA) is 103 Å². The van der Waals surface area contributed by atoms with Gasteiger partial charge in [0, 0.05) is 19.5 Å². The van der Waals surface area contributed by atoms with E-state index in [1.807, 2.05) is 18.2 Å². The molecule has 0 aliphatic heterocycles. The van der Waals surface area contributed by atoms with Crippen molar-refractivity contribution < 1.29 is 28.6 Å². The highest BCUT2D eigenvalue weighted by Gasteiger charge is 2.08. The minimum Gasteiger partial charge on any atom is -0.458 e. The van der Waals surface area contributed by atoms with Crippen LogP contribution in [0.1, 0.15) is 24.5 Å². The second-order valence-electron chi connectivity index (χ2n) is 4.96. The highest BCUT2D eigenvalue weighted by atomic mass is 16.6. The number of amides is 2. The molecule has 0 heterocycles. The highest BCUT2D eigenvalue weighted by Crippen LogP contribution is 2.06. The van der Waals surface area contributed by atoms with Gasteiger partial charge in [-0.25, -0.2) is 9.59 Å². The predicted molar refractivity (Wildman–Crippen MR) is 89.4 cm³/mol. The van der Waals surface area contributed by atoms with Crippen molar-refractivity contribution in [1.29, 1.82) is 0 Å². The van der Waals surface area contributed by atoms with E-state index < -0.39 is 18.2 Å². The first-order valence-electron chi connectivity index (χ1n) is 7.63. The average molecular weight is 350 g/mol. The second kappa shape index (κ2) is 10.7. The summed E-state index contributed by atoms with van der Waals surface area (Å²) in [5.74, 6) is -0.363. The quantitative estimate of drug-likeness (QED) is 0.423. The van der Waals surface area contributed by atoms with Crippen molar-refractivity contribution in [3.8, 4) is 0 Å². The van der Waals surface area contributed by atoms with Gasteiger partial charge in [-0.05, 0) is 11.1 Å². The fraction of sp³-hybridized carbons (Fsp3) is 0.353. The van der Waals surface area contributed by atoms with Gasteiger partial charge in [-0.3, -0.25) is 4.79 Å². The summed E-state index contributed by atoms with van der Waals surface area (Å²) in [5, 5.41) is 5.13. The lowest BCUT2D eigenvalue weighted by molar-refractivity contribution is -0.143. The zero-order valence-corrected chi connectivity index (χ0v) is 14.3. The molecule has 0 saturated carbocycles. The van der Waals surface area contributed by atoms with Crippen LogP contribution in [0.25, 0.3) is 0 Å². The van der Waals surface area contributed by atoms with Gasteiger partial charge in [0.05, 0.1) is 7.11 Å². The minimum atomic E-state index is -0.698. The number of hydrogen-bond donors (Lipinski definition) is 2. The molecule has 0 aliphatic carbocycles. The van der Waals surface area contributed by atoms with Gasteiger partial charge in [-0.1, -0.05) is 37.8 Å². The van der Waals surface area contributed by atoms with Gasteiger partial charge in [0.25, 0.3) is 0 Å². The van der Waals surface area contributed by atoms with E-state index >= 15 is 0 Å². The van der Waals surface area contributed by atoms with Gasteiger partial charge in [-0.2, -0.15) is 0 Å². The fourth-order valence-electron chi connectivity index (χ4n) is 1.73. The molecule has 8 nitrogen and oxygen atoms in total. The number of ether oxygens (including phenoxy) is 3. The Morgan fingerprint density at radius 1 is 1.08 bits per heavy atom. The summed E-state index contributed by atoms with van der Waals surface area (Å²) in [6.45, 7) is 5.53. The number of esters is 1. The van der Waals surface area contributed by atoms with Crippen LogP contribution in [0, 0.1) is 0 Å². The van der Waals surface area contributed by atoms with Crippen molar-refractivity contribution in [2.75, 3.05) is 13.7 Å². The molecular weight excluding hydrogens is 328 g/mol. The normalized spacial score (nSPS) is 9.68. The molecule has 1 aromatic carbocycles. The van der Waals surface area contributed by atoms with Crippen LogP contribution in [0.3, 0.4) is 0 Å². The molecule has 0 unspecified atom stereocenters. The van der Waals surface area contributed by atoms with Gasteiger partial charge >= 0.3 is 18.2 Å². The summed E-state index contributed by atoms with van der Waals surface area (Å²) < 4.78 is 14.2. The minimum absolute atomic E-state index is 0.0373. The van der Waals surface area contributed by atoms with E-state index in [9.17, 15) is 14.4 Å². The van der Waals surface area contributed by atoms with Crippen LogP contribution in [0.15, 0.2) is 36.6 Å². The van der Waals surface area contributed by atoms with E-state index in [1.165, 1.54) is 7.11 Å². The van der Waals surface area contributed by atoms with Crippen LogP contribution in [-0.4, -0.2) is 31.9 Å². The van der Waals surface area contributed by atoms with Gasteiger partial charge < -0.3 is 24.8 Å². The monoisotopic (exact) mass is 350 g/mol. The SMILES string of the molecule is C=C(COC(=O)CC)OC(=O)NCc1cccc(CNC(=O)OC)c1. The van der Waals surface area contributed by atoms with Crippen LogP contribution in [0.4, 0.5) is 9.59 Å². The second-order valence-corrected chi connectivity index (χ2v) is 4.96. The summed E-state index contributed by atoms with van der Waals surface area (Å²) >= 11 is 0. The lowest BCUT2D eigenvalue weighted by atomic mass is 10.1. The predicted octanol–water partition coefficient (Wildman–Crippen LogP) is 2.24. The Bertz CT molecular complexity index is 629. The number of nitrogens with one attached hydrogen (secondary N) is 2. The molecule has 8 heteroatoms. The Labute approximate surface area is 146 Å². The summed E-state index contributed by atoms with van der Waals surface area (Å²) in [6, 6.07) is 7.29. The Hall–Kier alpha value is -3.03. The molecule has 25 heavy (non-hydrogen) atoms. The molecule has 0 aliphatic rings. The Balaban J connectivity index is 2.39. The van der Waals surface area contributed by atoms with Crippen LogP contribution < -0.4 is 10.6 Å². The molecule has 2 amide bonds. The van der Waals surface area contributed by atoms with Crippen LogP contribution in [0.2, 0.25) is 0 Å². The number of benzene rings is 1. The molecule has 1 rings (SSSR count). The van der Waals surface area contributed by atoms with Crippen LogP contribution in [-0.2, 0) is 32.1 Å². The highest BCUT2D eigenvalue weighted by molar-refractivity contribution is 5.70. The number of rotatable bonds is 8. The fourth-order valence-corrected chi connectivity index (χ4v) is 1.73. The Kier molecular flexibility index (Phi) is 8.56. The van der Waals surface area contributed by atoms with Crippen LogP contribution >= 0.6 is 0 Å². The molecule has 0 radical (unpaired) electrons. The van der Waals surface area contributed by atoms with Crippen molar-refractivity contribution in [3.05, 3.63) is 47.7 Å². The maximum absolute atomic E-state index is 11.7. The zero-order valence-electron chi connectivity index (χ0n) is 14.3. The van der Waals surface area contributed by atoms with Crippen molar-refractivity contribution in [2.45, 2.75) is 26.4 Å². The summed E-state index contributed by atoms with van der Waals surface area (Å²) in [5.41, 5.74) is 1.68.